The number of carbonyl (C=O) groups is 1. The van der Waals surface area contributed by atoms with Crippen LogP contribution in [0.1, 0.15) is 30.1 Å². The lowest BCUT2D eigenvalue weighted by Gasteiger charge is -2.11. The maximum Gasteiger partial charge on any atom is 0.261 e. The van der Waals surface area contributed by atoms with Crippen molar-refractivity contribution in [1.29, 1.82) is 0 Å². The third-order valence-electron chi connectivity index (χ3n) is 4.56. The second-order valence-electron chi connectivity index (χ2n) is 6.56. The van der Waals surface area contributed by atoms with E-state index in [2.05, 4.69) is 14.6 Å². The van der Waals surface area contributed by atoms with E-state index in [1.165, 1.54) is 31.9 Å². The van der Waals surface area contributed by atoms with Crippen LogP contribution in [0.15, 0.2) is 47.4 Å². The number of ketones is 1. The molecular formula is C19H19N3O3S2. The predicted molar refractivity (Wildman–Crippen MR) is 108 cm³/mol. The topological polar surface area (TPSA) is 79.4 Å². The van der Waals surface area contributed by atoms with Gasteiger partial charge in [0.25, 0.3) is 10.0 Å². The van der Waals surface area contributed by atoms with Crippen LogP contribution >= 0.6 is 11.3 Å². The highest BCUT2D eigenvalue weighted by Crippen LogP contribution is 2.32. The lowest BCUT2D eigenvalue weighted by molar-refractivity contribution is 0.101. The van der Waals surface area contributed by atoms with Gasteiger partial charge in [-0.25, -0.2) is 13.4 Å². The molecule has 27 heavy (non-hydrogen) atoms. The van der Waals surface area contributed by atoms with E-state index in [1.54, 1.807) is 35.6 Å². The SMILES string of the molecule is CC(=O)c1cccc(S(=O)(=O)Nc2ccc3nc(N4CCCC4)sc3c2)c1. The van der Waals surface area contributed by atoms with Crippen LogP contribution in [0.25, 0.3) is 10.2 Å². The Bertz CT molecular complexity index is 1120. The fourth-order valence-electron chi connectivity index (χ4n) is 3.12. The van der Waals surface area contributed by atoms with E-state index >= 15 is 0 Å². The monoisotopic (exact) mass is 401 g/mol. The van der Waals surface area contributed by atoms with Gasteiger partial charge >= 0.3 is 0 Å². The van der Waals surface area contributed by atoms with Crippen molar-refractivity contribution in [1.82, 2.24) is 4.98 Å². The number of hydrogen-bond acceptors (Lipinski definition) is 6. The number of fused-ring (bicyclic) bond motifs is 1. The minimum absolute atomic E-state index is 0.0670. The summed E-state index contributed by atoms with van der Waals surface area (Å²) in [6.45, 7) is 3.45. The van der Waals surface area contributed by atoms with E-state index in [-0.39, 0.29) is 10.7 Å². The van der Waals surface area contributed by atoms with E-state index in [0.717, 1.165) is 28.4 Å². The molecule has 0 aliphatic carbocycles. The summed E-state index contributed by atoms with van der Waals surface area (Å²) < 4.78 is 28.9. The van der Waals surface area contributed by atoms with Gasteiger partial charge in [-0.05, 0) is 50.1 Å². The summed E-state index contributed by atoms with van der Waals surface area (Å²) in [5.41, 5.74) is 1.71. The Kier molecular flexibility index (Phi) is 4.61. The molecule has 3 aromatic rings. The van der Waals surface area contributed by atoms with E-state index in [9.17, 15) is 13.2 Å². The molecule has 0 spiro atoms. The van der Waals surface area contributed by atoms with Gasteiger partial charge in [-0.1, -0.05) is 23.5 Å². The van der Waals surface area contributed by atoms with Gasteiger partial charge < -0.3 is 4.90 Å². The average Bonchev–Trinajstić information content (AvgIpc) is 3.30. The summed E-state index contributed by atoms with van der Waals surface area (Å²) in [5, 5.41) is 0.983. The molecule has 0 bridgehead atoms. The number of benzene rings is 2. The maximum absolute atomic E-state index is 12.7. The molecule has 8 heteroatoms. The summed E-state index contributed by atoms with van der Waals surface area (Å²) in [4.78, 5) is 18.5. The van der Waals surface area contributed by atoms with Crippen LogP contribution in [0.3, 0.4) is 0 Å². The molecule has 1 aromatic heterocycles. The Morgan fingerprint density at radius 3 is 2.67 bits per heavy atom. The zero-order valence-electron chi connectivity index (χ0n) is 14.8. The van der Waals surface area contributed by atoms with Crippen molar-refractivity contribution >= 4 is 48.2 Å². The van der Waals surface area contributed by atoms with Crippen LogP contribution < -0.4 is 9.62 Å². The highest BCUT2D eigenvalue weighted by Gasteiger charge is 2.18. The Balaban J connectivity index is 1.62. The van der Waals surface area contributed by atoms with Crippen molar-refractivity contribution in [3.8, 4) is 0 Å². The molecule has 0 radical (unpaired) electrons. The standard InChI is InChI=1S/C19H19N3O3S2/c1-13(23)14-5-4-6-16(11-14)27(24,25)21-15-7-8-17-18(12-15)26-19(20-17)22-9-2-3-10-22/h4-8,11-12,21H,2-3,9-10H2,1H3. The van der Waals surface area contributed by atoms with Crippen molar-refractivity contribution in [3.05, 3.63) is 48.0 Å². The molecule has 1 saturated heterocycles. The number of thiazole rings is 1. The van der Waals surface area contributed by atoms with Gasteiger partial charge in [-0.15, -0.1) is 0 Å². The molecule has 2 heterocycles. The highest BCUT2D eigenvalue weighted by atomic mass is 32.2. The summed E-state index contributed by atoms with van der Waals surface area (Å²) >= 11 is 1.57. The van der Waals surface area contributed by atoms with Crippen LogP contribution in [-0.2, 0) is 10.0 Å². The summed E-state index contributed by atoms with van der Waals surface area (Å²) in [6.07, 6.45) is 2.36. The molecule has 0 atom stereocenters. The van der Waals surface area contributed by atoms with Gasteiger partial charge in [-0.2, -0.15) is 0 Å². The smallest absolute Gasteiger partial charge is 0.261 e. The molecule has 0 saturated carbocycles. The molecule has 0 unspecified atom stereocenters. The molecule has 2 aromatic carbocycles. The van der Waals surface area contributed by atoms with E-state index < -0.39 is 10.0 Å². The molecule has 0 amide bonds. The Hall–Kier alpha value is -2.45. The number of nitrogens with one attached hydrogen (secondary N) is 1. The first-order valence-corrected chi connectivity index (χ1v) is 11.0. The van der Waals surface area contributed by atoms with Crippen molar-refractivity contribution in [2.75, 3.05) is 22.7 Å². The third-order valence-corrected chi connectivity index (χ3v) is 7.01. The van der Waals surface area contributed by atoms with Crippen molar-refractivity contribution in [3.63, 3.8) is 0 Å². The third kappa shape index (κ3) is 3.68. The van der Waals surface area contributed by atoms with E-state index in [4.69, 9.17) is 0 Å². The van der Waals surface area contributed by atoms with Crippen LogP contribution in [0.5, 0.6) is 0 Å². The predicted octanol–water partition coefficient (Wildman–Crippen LogP) is 3.90. The molecule has 1 aliphatic heterocycles. The lowest BCUT2D eigenvalue weighted by atomic mass is 10.2. The number of nitrogens with zero attached hydrogens (tertiary/aromatic N) is 2. The maximum atomic E-state index is 12.7. The van der Waals surface area contributed by atoms with E-state index in [0.29, 0.717) is 11.3 Å². The minimum Gasteiger partial charge on any atom is -0.348 e. The van der Waals surface area contributed by atoms with Gasteiger partial charge in [0.15, 0.2) is 10.9 Å². The second-order valence-corrected chi connectivity index (χ2v) is 9.25. The normalized spacial score (nSPS) is 14.6. The number of carbonyl (C=O) groups excluding carboxylic acids is 1. The van der Waals surface area contributed by atoms with Crippen LogP contribution in [0.2, 0.25) is 0 Å². The zero-order chi connectivity index (χ0) is 19.0. The number of anilines is 2. The molecule has 4 rings (SSSR count). The van der Waals surface area contributed by atoms with Crippen LogP contribution in [0, 0.1) is 0 Å². The summed E-state index contributed by atoms with van der Waals surface area (Å²) in [6, 6.07) is 11.4. The first kappa shape index (κ1) is 17.9. The number of aromatic nitrogens is 1. The molecular weight excluding hydrogens is 382 g/mol. The average molecular weight is 402 g/mol. The lowest BCUT2D eigenvalue weighted by Crippen LogP contribution is -2.16. The van der Waals surface area contributed by atoms with Crippen molar-refractivity contribution < 1.29 is 13.2 Å². The summed E-state index contributed by atoms with van der Waals surface area (Å²) in [5.74, 6) is -0.174. The number of sulfonamides is 1. The first-order chi connectivity index (χ1) is 12.9. The fourth-order valence-corrected chi connectivity index (χ4v) is 5.27. The Morgan fingerprint density at radius 2 is 1.93 bits per heavy atom. The Labute approximate surface area is 161 Å². The number of hydrogen-bond donors (Lipinski definition) is 1. The fraction of sp³-hybridized carbons (Fsp3) is 0.263. The van der Waals surface area contributed by atoms with Gasteiger partial charge in [0.05, 0.1) is 20.8 Å². The Morgan fingerprint density at radius 1 is 1.15 bits per heavy atom. The van der Waals surface area contributed by atoms with E-state index in [1.807, 2.05) is 6.07 Å². The van der Waals surface area contributed by atoms with Gasteiger partial charge in [-0.3, -0.25) is 9.52 Å². The number of rotatable bonds is 5. The molecule has 1 N–H and O–H groups in total. The zero-order valence-corrected chi connectivity index (χ0v) is 16.4. The van der Waals surface area contributed by atoms with Crippen molar-refractivity contribution in [2.45, 2.75) is 24.7 Å². The second kappa shape index (κ2) is 6.94. The largest absolute Gasteiger partial charge is 0.348 e. The molecule has 6 nitrogen and oxygen atoms in total. The molecule has 1 aliphatic rings. The quantitative estimate of drug-likeness (QED) is 0.656. The summed E-state index contributed by atoms with van der Waals surface area (Å²) in [7, 11) is -3.78. The minimum atomic E-state index is -3.78. The van der Waals surface area contributed by atoms with Gasteiger partial charge in [0, 0.05) is 18.7 Å². The number of Topliss-reactive ketones (excluding diaryl/α,β-unsaturated/α-hetero) is 1. The van der Waals surface area contributed by atoms with Crippen molar-refractivity contribution in [2.24, 2.45) is 0 Å². The van der Waals surface area contributed by atoms with Gasteiger partial charge in [0.2, 0.25) is 0 Å². The first-order valence-electron chi connectivity index (χ1n) is 8.72. The van der Waals surface area contributed by atoms with Crippen LogP contribution in [-0.4, -0.2) is 32.3 Å². The van der Waals surface area contributed by atoms with Crippen LogP contribution in [0.4, 0.5) is 10.8 Å². The highest BCUT2D eigenvalue weighted by molar-refractivity contribution is 7.92. The van der Waals surface area contributed by atoms with Gasteiger partial charge in [0.1, 0.15) is 0 Å². The molecule has 140 valence electrons. The molecule has 1 fully saturated rings.